The molecule has 4 bridgehead atoms. The molecule has 0 spiro atoms. The van der Waals surface area contributed by atoms with Crippen LogP contribution in [0.25, 0.3) is 6.08 Å². The topological polar surface area (TPSA) is 74.8 Å². The summed E-state index contributed by atoms with van der Waals surface area (Å²) in [6.45, 7) is 0. The van der Waals surface area contributed by atoms with Crippen LogP contribution in [0, 0.1) is 59.2 Å². The van der Waals surface area contributed by atoms with Crippen LogP contribution in [0.15, 0.2) is 78.9 Å². The van der Waals surface area contributed by atoms with Gasteiger partial charge >= 0.3 is 0 Å². The van der Waals surface area contributed by atoms with E-state index < -0.39 is 0 Å². The molecule has 4 amide bonds. The standard InChI is InChI=1S/C34H26N2O4/c37-31-27-21-11-12-22(17-21)28(27)32(38)35(31)25-9-3-7-19(15-25)5-1-2-6-20-8-4-10-26(16-20)36-33(39)29-23-13-14-24(18-23)30(29)34(36)40/h1,3-5,7-16,21-24,27-30H,17-18H2/b5-1+/t21-,22+,23-,24-,27-,28-,29-,30+/m0/s1. The molecule has 0 unspecified atom stereocenters. The average Bonchev–Trinajstić information content (AvgIpc) is 3.80. The van der Waals surface area contributed by atoms with Crippen LogP contribution in [-0.4, -0.2) is 23.6 Å². The van der Waals surface area contributed by atoms with Crippen LogP contribution < -0.4 is 9.80 Å². The normalized spacial score (nSPS) is 34.4. The van der Waals surface area contributed by atoms with Gasteiger partial charge in [0.1, 0.15) is 0 Å². The van der Waals surface area contributed by atoms with Gasteiger partial charge in [-0.15, -0.1) is 0 Å². The highest BCUT2D eigenvalue weighted by Gasteiger charge is 2.60. The number of carbonyl (C=O) groups excluding carboxylic acids is 4. The van der Waals surface area contributed by atoms with Crippen molar-refractivity contribution in [3.05, 3.63) is 90.0 Å². The van der Waals surface area contributed by atoms with Crippen molar-refractivity contribution in [2.24, 2.45) is 47.3 Å². The monoisotopic (exact) mass is 526 g/mol. The van der Waals surface area contributed by atoms with Gasteiger partial charge in [-0.25, -0.2) is 9.80 Å². The third-order valence-corrected chi connectivity index (χ3v) is 9.75. The number of allylic oxidation sites excluding steroid dienone is 5. The number of carbonyl (C=O) groups is 4. The van der Waals surface area contributed by atoms with Gasteiger partial charge in [-0.2, -0.15) is 0 Å². The van der Waals surface area contributed by atoms with Crippen molar-refractivity contribution < 1.29 is 19.2 Å². The van der Waals surface area contributed by atoms with Gasteiger partial charge in [-0.3, -0.25) is 19.2 Å². The minimum Gasteiger partial charge on any atom is -0.274 e. The summed E-state index contributed by atoms with van der Waals surface area (Å²) in [5.41, 5.74) is 2.71. The molecule has 4 fully saturated rings. The quantitative estimate of drug-likeness (QED) is 0.338. The fourth-order valence-electron chi connectivity index (χ4n) is 8.07. The van der Waals surface area contributed by atoms with E-state index in [4.69, 9.17) is 0 Å². The van der Waals surface area contributed by atoms with Crippen molar-refractivity contribution in [2.45, 2.75) is 12.8 Å². The number of nitrogens with zero attached hydrogens (tertiary/aromatic N) is 2. The summed E-state index contributed by atoms with van der Waals surface area (Å²) >= 11 is 0. The second-order valence-corrected chi connectivity index (χ2v) is 11.8. The first kappa shape index (κ1) is 23.4. The summed E-state index contributed by atoms with van der Waals surface area (Å²) < 4.78 is 0. The van der Waals surface area contributed by atoms with E-state index in [2.05, 4.69) is 36.1 Å². The predicted molar refractivity (Wildman–Crippen MR) is 149 cm³/mol. The van der Waals surface area contributed by atoms with Gasteiger partial charge in [0.15, 0.2) is 0 Å². The zero-order valence-corrected chi connectivity index (χ0v) is 21.6. The van der Waals surface area contributed by atoms with Crippen LogP contribution >= 0.6 is 0 Å². The maximum atomic E-state index is 13.2. The molecule has 2 heterocycles. The van der Waals surface area contributed by atoms with E-state index in [0.717, 1.165) is 18.4 Å². The number of hydrogen-bond acceptors (Lipinski definition) is 4. The first-order valence-corrected chi connectivity index (χ1v) is 14.0. The molecular weight excluding hydrogens is 500 g/mol. The minimum atomic E-state index is -0.228. The molecule has 8 atom stereocenters. The van der Waals surface area contributed by atoms with Gasteiger partial charge in [-0.1, -0.05) is 54.3 Å². The second-order valence-electron chi connectivity index (χ2n) is 11.8. The van der Waals surface area contributed by atoms with E-state index in [1.807, 2.05) is 36.4 Å². The zero-order chi connectivity index (χ0) is 27.1. The Kier molecular flexibility index (Phi) is 4.97. The highest BCUT2D eigenvalue weighted by molar-refractivity contribution is 6.23. The van der Waals surface area contributed by atoms with E-state index in [-0.39, 0.29) is 71.0 Å². The maximum Gasteiger partial charge on any atom is 0.238 e. The van der Waals surface area contributed by atoms with Crippen molar-refractivity contribution >= 4 is 41.1 Å². The molecule has 6 nitrogen and oxygen atoms in total. The lowest BCUT2D eigenvalue weighted by Gasteiger charge is -2.17. The summed E-state index contributed by atoms with van der Waals surface area (Å²) in [5.74, 6) is 5.57. The third-order valence-electron chi connectivity index (χ3n) is 9.75. The number of anilines is 2. The first-order valence-electron chi connectivity index (χ1n) is 14.0. The number of amides is 4. The molecule has 0 N–H and O–H groups in total. The van der Waals surface area contributed by atoms with E-state index >= 15 is 0 Å². The third kappa shape index (κ3) is 3.24. The Hall–Kier alpha value is -4.50. The van der Waals surface area contributed by atoms with E-state index in [0.29, 0.717) is 16.9 Å². The molecule has 4 aliphatic carbocycles. The summed E-state index contributed by atoms with van der Waals surface area (Å²) in [7, 11) is 0. The molecule has 40 heavy (non-hydrogen) atoms. The molecular formula is C34H26N2O4. The lowest BCUT2D eigenvalue weighted by molar-refractivity contribution is -0.124. The van der Waals surface area contributed by atoms with E-state index in [9.17, 15) is 19.2 Å². The van der Waals surface area contributed by atoms with Gasteiger partial charge in [0.25, 0.3) is 0 Å². The Balaban J connectivity index is 0.987. The van der Waals surface area contributed by atoms with Gasteiger partial charge in [0.05, 0.1) is 35.0 Å². The molecule has 6 heteroatoms. The van der Waals surface area contributed by atoms with Crippen LogP contribution in [0.2, 0.25) is 0 Å². The SMILES string of the molecule is O=C1[C@@H]2[C@@H](C(=O)N1c1cccc(/C=C/C#Cc3cccc(N4C(=O)[C@@H]5[C@H](C4=O)[C@H]4C=C[C@H]5C4)c3)c1)[C@H]1C=C[C@@H]2C1. The Morgan fingerprint density at radius 3 is 1.62 bits per heavy atom. The second kappa shape index (κ2) is 8.50. The zero-order valence-electron chi connectivity index (χ0n) is 21.6. The van der Waals surface area contributed by atoms with E-state index in [1.165, 1.54) is 9.80 Å². The number of hydrogen-bond donors (Lipinski definition) is 0. The Bertz CT molecular complexity index is 1610. The molecule has 196 valence electrons. The van der Waals surface area contributed by atoms with Gasteiger partial charge in [0.2, 0.25) is 23.6 Å². The lowest BCUT2D eigenvalue weighted by atomic mass is 9.85. The molecule has 2 saturated heterocycles. The molecule has 0 aromatic heterocycles. The van der Waals surface area contributed by atoms with Gasteiger partial charge in [-0.05, 0) is 84.6 Å². The Labute approximate surface area is 232 Å². The van der Waals surface area contributed by atoms with Crippen LogP contribution in [0.3, 0.4) is 0 Å². The van der Waals surface area contributed by atoms with E-state index in [1.54, 1.807) is 24.3 Å². The molecule has 2 aromatic carbocycles. The first-order chi connectivity index (χ1) is 19.5. The van der Waals surface area contributed by atoms with Crippen molar-refractivity contribution in [2.75, 3.05) is 9.80 Å². The number of rotatable bonds is 3. The highest BCUT2D eigenvalue weighted by Crippen LogP contribution is 2.54. The fraction of sp³-hybridized carbons (Fsp3) is 0.294. The summed E-state index contributed by atoms with van der Waals surface area (Å²) in [5, 5.41) is 0. The molecule has 6 aliphatic rings. The van der Waals surface area contributed by atoms with Crippen molar-refractivity contribution in [1.29, 1.82) is 0 Å². The van der Waals surface area contributed by atoms with Crippen LogP contribution in [-0.2, 0) is 19.2 Å². The highest BCUT2D eigenvalue weighted by atomic mass is 16.2. The molecule has 2 aromatic rings. The van der Waals surface area contributed by atoms with Gasteiger partial charge in [0, 0.05) is 5.56 Å². The number of benzene rings is 2. The van der Waals surface area contributed by atoms with Gasteiger partial charge < -0.3 is 0 Å². The van der Waals surface area contributed by atoms with Crippen LogP contribution in [0.4, 0.5) is 11.4 Å². The average molecular weight is 527 g/mol. The Morgan fingerprint density at radius 1 is 0.625 bits per heavy atom. The molecule has 8 rings (SSSR count). The van der Waals surface area contributed by atoms with Crippen LogP contribution in [0.1, 0.15) is 24.0 Å². The summed E-state index contributed by atoms with van der Waals surface area (Å²) in [6.07, 6.45) is 13.8. The predicted octanol–water partition coefficient (Wildman–Crippen LogP) is 4.37. The minimum absolute atomic E-state index is 0.0878. The number of fused-ring (bicyclic) bond motifs is 10. The number of imide groups is 2. The Morgan fingerprint density at radius 2 is 1.10 bits per heavy atom. The largest absolute Gasteiger partial charge is 0.274 e. The van der Waals surface area contributed by atoms with Crippen molar-refractivity contribution in [1.82, 2.24) is 0 Å². The smallest absolute Gasteiger partial charge is 0.238 e. The molecule has 2 saturated carbocycles. The summed E-state index contributed by atoms with van der Waals surface area (Å²) in [4.78, 5) is 55.3. The maximum absolute atomic E-state index is 13.2. The van der Waals surface area contributed by atoms with Crippen LogP contribution in [0.5, 0.6) is 0 Å². The molecule has 2 aliphatic heterocycles. The lowest BCUT2D eigenvalue weighted by Crippen LogP contribution is -2.32. The van der Waals surface area contributed by atoms with Crippen molar-refractivity contribution in [3.63, 3.8) is 0 Å². The van der Waals surface area contributed by atoms with Crippen molar-refractivity contribution in [3.8, 4) is 11.8 Å². The molecule has 0 radical (unpaired) electrons. The fourth-order valence-corrected chi connectivity index (χ4v) is 8.07. The summed E-state index contributed by atoms with van der Waals surface area (Å²) in [6, 6.07) is 14.6.